The van der Waals surface area contributed by atoms with Crippen LogP contribution in [0.15, 0.2) is 65.3 Å². The van der Waals surface area contributed by atoms with E-state index in [4.69, 9.17) is 37.7 Å². The maximum atomic E-state index is 13.5. The van der Waals surface area contributed by atoms with Gasteiger partial charge in [-0.3, -0.25) is 14.6 Å². The van der Waals surface area contributed by atoms with Crippen LogP contribution in [0.2, 0.25) is 5.02 Å². The second-order valence-corrected chi connectivity index (χ2v) is 8.42. The predicted molar refractivity (Wildman–Crippen MR) is 121 cm³/mol. The molecule has 6 nitrogen and oxygen atoms in total. The fourth-order valence-corrected chi connectivity index (χ4v) is 4.96. The molecule has 2 aliphatic rings. The van der Waals surface area contributed by atoms with Crippen molar-refractivity contribution in [3.05, 3.63) is 77.2 Å². The molecule has 2 bridgehead atoms. The number of fused-ring (bicyclic) bond motifs is 4. The van der Waals surface area contributed by atoms with Gasteiger partial charge in [-0.2, -0.15) is 0 Å². The number of methoxy groups -OCH3 is 1. The Kier molecular flexibility index (Phi) is 4.68. The maximum Gasteiger partial charge on any atom is 0.296 e. The SMILES string of the molecule is COc1cccc2c1O[C@@]1(C)C[C@H]2N(C(=O)c2ccco2)C(=S)N1c1ccc(Cl)cc1. The number of hydrogen-bond donors (Lipinski definition) is 0. The molecule has 158 valence electrons. The molecule has 0 spiro atoms. The summed E-state index contributed by atoms with van der Waals surface area (Å²) in [6.07, 6.45) is 1.98. The Hall–Kier alpha value is -3.03. The first-order chi connectivity index (χ1) is 14.9. The zero-order valence-electron chi connectivity index (χ0n) is 16.9. The van der Waals surface area contributed by atoms with E-state index in [2.05, 4.69) is 0 Å². The highest BCUT2D eigenvalue weighted by Gasteiger charge is 2.54. The number of nitrogens with zero attached hydrogens (tertiary/aromatic N) is 2. The summed E-state index contributed by atoms with van der Waals surface area (Å²) in [5.74, 6) is 1.11. The first-order valence-electron chi connectivity index (χ1n) is 9.76. The molecule has 8 heteroatoms. The van der Waals surface area contributed by atoms with Crippen molar-refractivity contribution in [1.82, 2.24) is 4.90 Å². The molecule has 1 fully saturated rings. The number of anilines is 1. The molecule has 3 heterocycles. The van der Waals surface area contributed by atoms with E-state index in [-0.39, 0.29) is 17.7 Å². The van der Waals surface area contributed by atoms with Gasteiger partial charge in [0.15, 0.2) is 28.1 Å². The number of thiocarbonyl (C=S) groups is 1. The van der Waals surface area contributed by atoms with E-state index in [9.17, 15) is 4.79 Å². The van der Waals surface area contributed by atoms with Crippen LogP contribution in [0, 0.1) is 0 Å². The Labute approximate surface area is 189 Å². The van der Waals surface area contributed by atoms with Crippen molar-refractivity contribution in [3.8, 4) is 11.5 Å². The first kappa shape index (κ1) is 19.9. The van der Waals surface area contributed by atoms with Gasteiger partial charge < -0.3 is 13.9 Å². The molecule has 1 amide bonds. The van der Waals surface area contributed by atoms with Gasteiger partial charge in [-0.25, -0.2) is 0 Å². The molecule has 5 rings (SSSR count). The quantitative estimate of drug-likeness (QED) is 0.492. The molecular formula is C23H19ClN2O4S. The van der Waals surface area contributed by atoms with Crippen molar-refractivity contribution >= 4 is 40.5 Å². The van der Waals surface area contributed by atoms with E-state index < -0.39 is 5.72 Å². The maximum absolute atomic E-state index is 13.5. The van der Waals surface area contributed by atoms with Crippen LogP contribution in [0.5, 0.6) is 11.5 Å². The number of para-hydroxylation sites is 1. The van der Waals surface area contributed by atoms with Crippen molar-refractivity contribution in [3.63, 3.8) is 0 Å². The van der Waals surface area contributed by atoms with Crippen LogP contribution >= 0.6 is 23.8 Å². The van der Waals surface area contributed by atoms with E-state index in [1.165, 1.54) is 6.26 Å². The van der Waals surface area contributed by atoms with Gasteiger partial charge in [0, 0.05) is 22.7 Å². The molecule has 2 aliphatic heterocycles. The lowest BCUT2D eigenvalue weighted by Crippen LogP contribution is -2.67. The summed E-state index contributed by atoms with van der Waals surface area (Å²) in [4.78, 5) is 17.0. The first-order valence-corrected chi connectivity index (χ1v) is 10.5. The number of rotatable bonds is 3. The van der Waals surface area contributed by atoms with Crippen molar-refractivity contribution in [2.45, 2.75) is 25.1 Å². The molecule has 31 heavy (non-hydrogen) atoms. The summed E-state index contributed by atoms with van der Waals surface area (Å²) in [5, 5.41) is 0.936. The minimum absolute atomic E-state index is 0.220. The lowest BCUT2D eigenvalue weighted by atomic mass is 9.88. The van der Waals surface area contributed by atoms with Gasteiger partial charge in [0.1, 0.15) is 0 Å². The van der Waals surface area contributed by atoms with Crippen LogP contribution < -0.4 is 14.4 Å². The van der Waals surface area contributed by atoms with E-state index >= 15 is 0 Å². The molecule has 1 saturated heterocycles. The number of ether oxygens (including phenoxy) is 2. The van der Waals surface area contributed by atoms with Gasteiger partial charge in [0.25, 0.3) is 5.91 Å². The Bertz CT molecular complexity index is 1160. The highest BCUT2D eigenvalue weighted by Crippen LogP contribution is 2.52. The van der Waals surface area contributed by atoms with Crippen LogP contribution in [-0.2, 0) is 0 Å². The molecule has 1 aromatic heterocycles. The van der Waals surface area contributed by atoms with Crippen LogP contribution in [0.4, 0.5) is 5.69 Å². The van der Waals surface area contributed by atoms with Gasteiger partial charge in [-0.15, -0.1) is 0 Å². The second-order valence-electron chi connectivity index (χ2n) is 7.62. The van der Waals surface area contributed by atoms with Crippen LogP contribution in [0.3, 0.4) is 0 Å². The molecule has 0 N–H and O–H groups in total. The Morgan fingerprint density at radius 3 is 2.65 bits per heavy atom. The van der Waals surface area contributed by atoms with Crippen molar-refractivity contribution in [2.75, 3.05) is 12.0 Å². The van der Waals surface area contributed by atoms with Crippen LogP contribution in [0.1, 0.15) is 35.5 Å². The Balaban J connectivity index is 1.70. The minimum atomic E-state index is -0.836. The molecule has 2 atom stereocenters. The topological polar surface area (TPSA) is 55.2 Å². The Morgan fingerprint density at radius 1 is 1.19 bits per heavy atom. The average Bonchev–Trinajstić information content (AvgIpc) is 3.29. The summed E-state index contributed by atoms with van der Waals surface area (Å²) in [7, 11) is 1.60. The number of benzene rings is 2. The summed E-state index contributed by atoms with van der Waals surface area (Å²) in [6, 6.07) is 15.9. The number of amides is 1. The minimum Gasteiger partial charge on any atom is -0.493 e. The highest BCUT2D eigenvalue weighted by molar-refractivity contribution is 7.80. The third kappa shape index (κ3) is 3.07. The predicted octanol–water partition coefficient (Wildman–Crippen LogP) is 5.43. The van der Waals surface area contributed by atoms with E-state index in [1.807, 2.05) is 42.2 Å². The normalized spacial score (nSPS) is 22.0. The smallest absolute Gasteiger partial charge is 0.296 e. The third-order valence-electron chi connectivity index (χ3n) is 5.70. The summed E-state index contributed by atoms with van der Waals surface area (Å²) in [5.41, 5.74) is 0.776. The van der Waals surface area contributed by atoms with Crippen molar-refractivity contribution in [1.29, 1.82) is 0 Å². The largest absolute Gasteiger partial charge is 0.493 e. The van der Waals surface area contributed by atoms with Gasteiger partial charge in [0.2, 0.25) is 0 Å². The van der Waals surface area contributed by atoms with Gasteiger partial charge >= 0.3 is 0 Å². The van der Waals surface area contributed by atoms with E-state index in [0.717, 1.165) is 11.3 Å². The standard InChI is InChI=1S/C23H19ClN2O4S/c1-23-13-17(16-5-3-6-18(28-2)20(16)30-23)25(21(27)19-7-4-12-29-19)22(31)26(23)15-10-8-14(24)9-11-15/h3-12,17H,13H2,1-2H3/t17-,23+/m1/s1. The monoisotopic (exact) mass is 454 g/mol. The van der Waals surface area contributed by atoms with E-state index in [0.29, 0.717) is 28.1 Å². The molecule has 0 aliphatic carbocycles. The molecule has 3 aromatic rings. The summed E-state index contributed by atoms with van der Waals surface area (Å²) >= 11 is 12.0. The van der Waals surface area contributed by atoms with Gasteiger partial charge in [-0.05, 0) is 61.6 Å². The zero-order valence-corrected chi connectivity index (χ0v) is 18.4. The third-order valence-corrected chi connectivity index (χ3v) is 6.33. The average molecular weight is 455 g/mol. The van der Waals surface area contributed by atoms with E-state index in [1.54, 1.807) is 36.3 Å². The second kappa shape index (κ2) is 7.28. The fraction of sp³-hybridized carbons (Fsp3) is 0.217. The number of carbonyl (C=O) groups is 1. The van der Waals surface area contributed by atoms with Crippen LogP contribution in [-0.4, -0.2) is 28.8 Å². The summed E-state index contributed by atoms with van der Waals surface area (Å²) < 4.78 is 17.5. The summed E-state index contributed by atoms with van der Waals surface area (Å²) in [6.45, 7) is 1.96. The number of halogens is 1. The zero-order chi connectivity index (χ0) is 21.8. The lowest BCUT2D eigenvalue weighted by molar-refractivity contribution is 0.0152. The van der Waals surface area contributed by atoms with Crippen molar-refractivity contribution < 1.29 is 18.7 Å². The fourth-order valence-electron chi connectivity index (χ4n) is 4.33. The number of hydrogen-bond acceptors (Lipinski definition) is 5. The molecule has 0 saturated carbocycles. The van der Waals surface area contributed by atoms with Crippen molar-refractivity contribution in [2.24, 2.45) is 0 Å². The van der Waals surface area contributed by atoms with Gasteiger partial charge in [0.05, 0.1) is 19.4 Å². The van der Waals surface area contributed by atoms with Crippen LogP contribution in [0.25, 0.3) is 0 Å². The molecule has 2 aromatic carbocycles. The molecule has 0 unspecified atom stereocenters. The number of furan rings is 1. The Morgan fingerprint density at radius 2 is 1.97 bits per heavy atom. The molecule has 0 radical (unpaired) electrons. The number of carbonyl (C=O) groups excluding carboxylic acids is 1. The molecular weight excluding hydrogens is 436 g/mol. The highest BCUT2D eigenvalue weighted by atomic mass is 35.5. The van der Waals surface area contributed by atoms with Gasteiger partial charge in [-0.1, -0.05) is 23.7 Å². The lowest BCUT2D eigenvalue weighted by Gasteiger charge is -2.55.